The third-order valence-electron chi connectivity index (χ3n) is 6.48. The molecular formula is C27H29N3O6. The van der Waals surface area contributed by atoms with E-state index in [0.29, 0.717) is 35.8 Å². The van der Waals surface area contributed by atoms with Crippen LogP contribution >= 0.6 is 0 Å². The highest BCUT2D eigenvalue weighted by Gasteiger charge is 2.34. The van der Waals surface area contributed by atoms with E-state index in [2.05, 4.69) is 5.32 Å². The number of ether oxygens (including phenoxy) is 3. The number of carbonyl (C=O) groups is 1. The van der Waals surface area contributed by atoms with Crippen LogP contribution in [0.5, 0.6) is 17.2 Å². The lowest BCUT2D eigenvalue weighted by Gasteiger charge is -2.38. The summed E-state index contributed by atoms with van der Waals surface area (Å²) in [4.78, 5) is 26.3. The number of nitro groups is 1. The Bertz CT molecular complexity index is 1260. The van der Waals surface area contributed by atoms with Crippen molar-refractivity contribution in [1.82, 2.24) is 10.2 Å². The van der Waals surface area contributed by atoms with E-state index in [1.807, 2.05) is 42.5 Å². The van der Waals surface area contributed by atoms with Crippen LogP contribution in [-0.4, -0.2) is 43.7 Å². The number of methoxy groups -OCH3 is 3. The second-order valence-corrected chi connectivity index (χ2v) is 8.52. The van der Waals surface area contributed by atoms with Crippen molar-refractivity contribution >= 4 is 11.7 Å². The first-order chi connectivity index (χ1) is 17.4. The number of hydrogen-bond acceptors (Lipinski definition) is 6. The second kappa shape index (κ2) is 10.6. The summed E-state index contributed by atoms with van der Waals surface area (Å²) in [5.41, 5.74) is 3.46. The van der Waals surface area contributed by atoms with Crippen molar-refractivity contribution in [3.63, 3.8) is 0 Å². The van der Waals surface area contributed by atoms with Gasteiger partial charge in [-0.25, -0.2) is 4.79 Å². The fourth-order valence-corrected chi connectivity index (χ4v) is 4.68. The van der Waals surface area contributed by atoms with E-state index in [9.17, 15) is 14.9 Å². The van der Waals surface area contributed by atoms with Gasteiger partial charge in [-0.1, -0.05) is 30.3 Å². The molecule has 3 aromatic rings. The van der Waals surface area contributed by atoms with Crippen LogP contribution in [0.3, 0.4) is 0 Å². The summed E-state index contributed by atoms with van der Waals surface area (Å²) in [6.07, 6.45) is 0.640. The molecule has 2 unspecified atom stereocenters. The molecule has 9 nitrogen and oxygen atoms in total. The number of nitro benzene ring substituents is 1. The number of carbonyl (C=O) groups excluding carboxylic acids is 1. The fraction of sp³-hybridized carbons (Fsp3) is 0.296. The van der Waals surface area contributed by atoms with E-state index in [0.717, 1.165) is 16.7 Å². The smallest absolute Gasteiger partial charge is 0.318 e. The average molecular weight is 492 g/mol. The van der Waals surface area contributed by atoms with Crippen molar-refractivity contribution in [3.05, 3.63) is 93.0 Å². The summed E-state index contributed by atoms with van der Waals surface area (Å²) in [5, 5.41) is 14.3. The van der Waals surface area contributed by atoms with Crippen molar-refractivity contribution < 1.29 is 23.9 Å². The van der Waals surface area contributed by atoms with E-state index in [1.54, 1.807) is 32.1 Å². The van der Waals surface area contributed by atoms with Gasteiger partial charge < -0.3 is 24.4 Å². The van der Waals surface area contributed by atoms with Crippen LogP contribution < -0.4 is 19.5 Å². The summed E-state index contributed by atoms with van der Waals surface area (Å²) in [6, 6.07) is 16.9. The molecule has 0 fully saturated rings. The van der Waals surface area contributed by atoms with E-state index in [4.69, 9.17) is 14.2 Å². The highest BCUT2D eigenvalue weighted by Crippen LogP contribution is 2.41. The van der Waals surface area contributed by atoms with Crippen LogP contribution in [0.25, 0.3) is 0 Å². The lowest BCUT2D eigenvalue weighted by atomic mass is 9.88. The topological polar surface area (TPSA) is 103 Å². The zero-order valence-corrected chi connectivity index (χ0v) is 20.7. The Kier molecular flexibility index (Phi) is 7.28. The molecule has 0 aromatic heterocycles. The van der Waals surface area contributed by atoms with E-state index >= 15 is 0 Å². The number of benzene rings is 3. The molecule has 2 atom stereocenters. The molecule has 0 bridgehead atoms. The number of non-ortho nitro benzene ring substituents is 1. The average Bonchev–Trinajstić information content (AvgIpc) is 2.91. The summed E-state index contributed by atoms with van der Waals surface area (Å²) < 4.78 is 16.4. The van der Waals surface area contributed by atoms with Gasteiger partial charge in [-0.15, -0.1) is 0 Å². The van der Waals surface area contributed by atoms with Gasteiger partial charge >= 0.3 is 6.03 Å². The number of nitrogens with one attached hydrogen (secondary N) is 1. The van der Waals surface area contributed by atoms with Gasteiger partial charge in [0, 0.05) is 24.2 Å². The molecule has 0 aliphatic carbocycles. The number of fused-ring (bicyclic) bond motifs is 1. The first kappa shape index (κ1) is 24.8. The second-order valence-electron chi connectivity index (χ2n) is 8.52. The fourth-order valence-electron chi connectivity index (χ4n) is 4.68. The van der Waals surface area contributed by atoms with Gasteiger partial charge in [-0.3, -0.25) is 10.1 Å². The third kappa shape index (κ3) is 4.77. The van der Waals surface area contributed by atoms with Crippen molar-refractivity contribution in [3.8, 4) is 17.2 Å². The molecular weight excluding hydrogens is 462 g/mol. The normalized spacial score (nSPS) is 15.4. The zero-order valence-electron chi connectivity index (χ0n) is 20.7. The Morgan fingerprint density at radius 2 is 1.67 bits per heavy atom. The Morgan fingerprint density at radius 3 is 2.31 bits per heavy atom. The minimum atomic E-state index is -0.532. The number of hydrogen-bond donors (Lipinski definition) is 1. The number of amides is 2. The monoisotopic (exact) mass is 491 g/mol. The predicted octanol–water partition coefficient (Wildman–Crippen LogP) is 5.04. The Morgan fingerprint density at radius 1 is 1.00 bits per heavy atom. The van der Waals surface area contributed by atoms with Gasteiger partial charge in [0.2, 0.25) is 0 Å². The molecule has 1 aliphatic rings. The van der Waals surface area contributed by atoms with Gasteiger partial charge in [0.15, 0.2) is 11.5 Å². The maximum atomic E-state index is 13.7. The zero-order chi connectivity index (χ0) is 25.8. The van der Waals surface area contributed by atoms with Crippen LogP contribution in [-0.2, 0) is 6.42 Å². The van der Waals surface area contributed by atoms with Crippen LogP contribution in [0.2, 0.25) is 0 Å². The van der Waals surface area contributed by atoms with Crippen molar-refractivity contribution in [2.24, 2.45) is 0 Å². The van der Waals surface area contributed by atoms with Crippen LogP contribution in [0.4, 0.5) is 10.5 Å². The summed E-state index contributed by atoms with van der Waals surface area (Å²) in [5.74, 6) is 1.70. The van der Waals surface area contributed by atoms with Crippen LogP contribution in [0, 0.1) is 10.1 Å². The van der Waals surface area contributed by atoms with E-state index in [-0.39, 0.29) is 17.8 Å². The Labute approximate surface area is 209 Å². The molecule has 1 aliphatic heterocycles. The maximum Gasteiger partial charge on any atom is 0.318 e. The van der Waals surface area contributed by atoms with E-state index in [1.165, 1.54) is 19.2 Å². The largest absolute Gasteiger partial charge is 0.496 e. The Hall–Kier alpha value is -4.27. The van der Waals surface area contributed by atoms with Crippen molar-refractivity contribution in [2.75, 3.05) is 27.9 Å². The van der Waals surface area contributed by atoms with Crippen molar-refractivity contribution in [1.29, 1.82) is 0 Å². The van der Waals surface area contributed by atoms with Gasteiger partial charge in [-0.05, 0) is 48.2 Å². The molecule has 4 rings (SSSR count). The molecule has 0 spiro atoms. The van der Waals surface area contributed by atoms with Gasteiger partial charge in [0.05, 0.1) is 38.3 Å². The SMILES string of the molecule is COc1cc2c(cc1OC)C(c1ccccc1)N(C(=O)NC(C)c1cc([N+](=O)[O-])ccc1OC)CC2. The van der Waals surface area contributed by atoms with E-state index < -0.39 is 11.0 Å². The van der Waals surface area contributed by atoms with Gasteiger partial charge in [-0.2, -0.15) is 0 Å². The number of urea groups is 1. The molecule has 188 valence electrons. The van der Waals surface area contributed by atoms with Crippen LogP contribution in [0.15, 0.2) is 60.7 Å². The minimum Gasteiger partial charge on any atom is -0.496 e. The first-order valence-corrected chi connectivity index (χ1v) is 11.6. The maximum absolute atomic E-state index is 13.7. The van der Waals surface area contributed by atoms with Crippen LogP contribution in [0.1, 0.15) is 41.3 Å². The summed E-state index contributed by atoms with van der Waals surface area (Å²) >= 11 is 0. The molecule has 0 saturated heterocycles. The lowest BCUT2D eigenvalue weighted by molar-refractivity contribution is -0.385. The number of nitrogens with zero attached hydrogens (tertiary/aromatic N) is 2. The third-order valence-corrected chi connectivity index (χ3v) is 6.48. The molecule has 2 amide bonds. The van der Waals surface area contributed by atoms with Gasteiger partial charge in [0.25, 0.3) is 5.69 Å². The summed E-state index contributed by atoms with van der Waals surface area (Å²) in [6.45, 7) is 2.26. The molecule has 0 saturated carbocycles. The quantitative estimate of drug-likeness (QED) is 0.367. The molecule has 0 radical (unpaired) electrons. The molecule has 1 heterocycles. The summed E-state index contributed by atoms with van der Waals surface area (Å²) in [7, 11) is 4.68. The standard InChI is InChI=1S/C27H29N3O6/c1-17(21-15-20(30(32)33)10-11-23(21)34-2)28-27(31)29-13-12-19-14-24(35-3)25(36-4)16-22(19)26(29)18-8-6-5-7-9-18/h5-11,14-17,26H,12-13H2,1-4H3,(H,28,31). The lowest BCUT2D eigenvalue weighted by Crippen LogP contribution is -2.46. The van der Waals surface area contributed by atoms with Crippen molar-refractivity contribution in [2.45, 2.75) is 25.4 Å². The molecule has 3 aromatic carbocycles. The minimum absolute atomic E-state index is 0.0676. The van der Waals surface area contributed by atoms with Gasteiger partial charge in [0.1, 0.15) is 5.75 Å². The Balaban J connectivity index is 1.70. The first-order valence-electron chi connectivity index (χ1n) is 11.6. The highest BCUT2D eigenvalue weighted by atomic mass is 16.6. The molecule has 9 heteroatoms. The molecule has 1 N–H and O–H groups in total. The predicted molar refractivity (Wildman–Crippen MR) is 135 cm³/mol. The highest BCUT2D eigenvalue weighted by molar-refractivity contribution is 5.77. The number of rotatable bonds is 7. The molecule has 36 heavy (non-hydrogen) atoms.